The van der Waals surface area contributed by atoms with E-state index in [2.05, 4.69) is 10.6 Å². The minimum Gasteiger partial charge on any atom is -0.480 e. The predicted molar refractivity (Wildman–Crippen MR) is 92.0 cm³/mol. The monoisotopic (exact) mass is 370 g/mol. The molecule has 136 valence electrons. The Morgan fingerprint density at radius 2 is 2.12 bits per heavy atom. The minimum absolute atomic E-state index is 0.00381. The number of urea groups is 1. The molecule has 1 fully saturated rings. The molecule has 1 aliphatic carbocycles. The Hall–Kier alpha value is -2.39. The lowest BCUT2D eigenvalue weighted by molar-refractivity contribution is -0.384. The molecule has 0 aromatic heterocycles. The number of amides is 2. The van der Waals surface area contributed by atoms with Gasteiger partial charge in [-0.2, -0.15) is 0 Å². The fourth-order valence-electron chi connectivity index (χ4n) is 2.76. The number of halogens is 1. The van der Waals surface area contributed by atoms with E-state index in [9.17, 15) is 19.7 Å². The molecule has 10 heteroatoms. The molecule has 1 aromatic rings. The number of hydrogen-bond donors (Lipinski definition) is 3. The molecule has 1 saturated carbocycles. The van der Waals surface area contributed by atoms with Gasteiger partial charge < -0.3 is 15.7 Å². The Labute approximate surface area is 149 Å². The maximum atomic E-state index is 12.0. The number of rotatable bonds is 7. The number of nitrogens with zero attached hydrogens (tertiary/aromatic N) is 2. The number of anilines is 1. The number of carbonyl (C=O) groups is 2. The van der Waals surface area contributed by atoms with Gasteiger partial charge in [-0.3, -0.25) is 19.8 Å². The molecule has 0 bridgehead atoms. The minimum atomic E-state index is -0.875. The molecule has 2 rings (SSSR count). The van der Waals surface area contributed by atoms with Gasteiger partial charge in [-0.05, 0) is 31.5 Å². The summed E-state index contributed by atoms with van der Waals surface area (Å²) in [5, 5.41) is 25.0. The van der Waals surface area contributed by atoms with Crippen LogP contribution in [0.15, 0.2) is 18.2 Å². The standard InChI is InChI=1S/C15H19ClN4O5/c1-2-19(8-14(21)22)11-5-10(6-11)18-15(23)17-9-3-4-12(16)13(7-9)20(24)25/h3-4,7,10-11H,2,5-6,8H2,1H3,(H,21,22)(H2,17,18,23). The molecule has 1 aromatic carbocycles. The second-order valence-corrected chi connectivity index (χ2v) is 6.21. The molecule has 0 aliphatic heterocycles. The molecule has 0 atom stereocenters. The van der Waals surface area contributed by atoms with Gasteiger partial charge in [0, 0.05) is 23.8 Å². The smallest absolute Gasteiger partial charge is 0.319 e. The van der Waals surface area contributed by atoms with E-state index in [4.69, 9.17) is 16.7 Å². The number of hydrogen-bond acceptors (Lipinski definition) is 5. The summed E-state index contributed by atoms with van der Waals surface area (Å²) in [6.07, 6.45) is 1.32. The summed E-state index contributed by atoms with van der Waals surface area (Å²) >= 11 is 5.72. The van der Waals surface area contributed by atoms with Gasteiger partial charge in [0.15, 0.2) is 0 Å². The summed E-state index contributed by atoms with van der Waals surface area (Å²) in [5.41, 5.74) is -0.0130. The summed E-state index contributed by atoms with van der Waals surface area (Å²) in [6.45, 7) is 2.50. The summed E-state index contributed by atoms with van der Waals surface area (Å²) in [4.78, 5) is 34.8. The van der Waals surface area contributed by atoms with Crippen LogP contribution in [0.5, 0.6) is 0 Å². The van der Waals surface area contributed by atoms with Crippen LogP contribution in [0.2, 0.25) is 5.02 Å². The summed E-state index contributed by atoms with van der Waals surface area (Å²) in [5.74, 6) is -0.875. The fraction of sp³-hybridized carbons (Fsp3) is 0.467. The van der Waals surface area contributed by atoms with Crippen LogP contribution in [0, 0.1) is 10.1 Å². The largest absolute Gasteiger partial charge is 0.480 e. The van der Waals surface area contributed by atoms with Crippen molar-refractivity contribution >= 4 is 35.0 Å². The highest BCUT2D eigenvalue weighted by atomic mass is 35.5. The first-order valence-corrected chi connectivity index (χ1v) is 8.15. The van der Waals surface area contributed by atoms with E-state index in [0.717, 1.165) is 0 Å². The highest BCUT2D eigenvalue weighted by Crippen LogP contribution is 2.28. The molecule has 3 N–H and O–H groups in total. The Morgan fingerprint density at radius 3 is 2.68 bits per heavy atom. The number of carbonyl (C=O) groups excluding carboxylic acids is 1. The maximum absolute atomic E-state index is 12.0. The van der Waals surface area contributed by atoms with E-state index in [1.807, 2.05) is 11.8 Å². The van der Waals surface area contributed by atoms with Gasteiger partial charge in [0.25, 0.3) is 5.69 Å². The summed E-state index contributed by atoms with van der Waals surface area (Å²) < 4.78 is 0. The lowest BCUT2D eigenvalue weighted by Crippen LogP contribution is -2.55. The van der Waals surface area contributed by atoms with E-state index >= 15 is 0 Å². The fourth-order valence-corrected chi connectivity index (χ4v) is 2.95. The lowest BCUT2D eigenvalue weighted by atomic mass is 9.85. The Morgan fingerprint density at radius 1 is 1.44 bits per heavy atom. The van der Waals surface area contributed by atoms with Crippen LogP contribution in [-0.2, 0) is 4.79 Å². The molecule has 0 radical (unpaired) electrons. The number of carboxylic acid groups (broad SMARTS) is 1. The van der Waals surface area contributed by atoms with Crippen molar-refractivity contribution in [3.8, 4) is 0 Å². The zero-order valence-corrected chi connectivity index (χ0v) is 14.3. The first-order valence-electron chi connectivity index (χ1n) is 7.77. The number of nitrogens with one attached hydrogen (secondary N) is 2. The highest BCUT2D eigenvalue weighted by Gasteiger charge is 2.34. The van der Waals surface area contributed by atoms with Crippen LogP contribution in [-0.4, -0.2) is 52.1 Å². The highest BCUT2D eigenvalue weighted by molar-refractivity contribution is 6.32. The van der Waals surface area contributed by atoms with Crippen LogP contribution in [0.3, 0.4) is 0 Å². The summed E-state index contributed by atoms with van der Waals surface area (Å²) in [7, 11) is 0. The summed E-state index contributed by atoms with van der Waals surface area (Å²) in [6, 6.07) is 3.61. The van der Waals surface area contributed by atoms with Crippen molar-refractivity contribution in [3.63, 3.8) is 0 Å². The van der Waals surface area contributed by atoms with Gasteiger partial charge in [-0.15, -0.1) is 0 Å². The average molecular weight is 371 g/mol. The van der Waals surface area contributed by atoms with E-state index in [1.165, 1.54) is 18.2 Å². The number of aliphatic carboxylic acids is 1. The van der Waals surface area contributed by atoms with Crippen LogP contribution in [0.4, 0.5) is 16.2 Å². The van der Waals surface area contributed by atoms with E-state index in [-0.39, 0.29) is 35.0 Å². The van der Waals surface area contributed by atoms with Crippen LogP contribution in [0.25, 0.3) is 0 Å². The lowest BCUT2D eigenvalue weighted by Gasteiger charge is -2.42. The second-order valence-electron chi connectivity index (χ2n) is 5.80. The third-order valence-electron chi connectivity index (χ3n) is 4.11. The molecule has 25 heavy (non-hydrogen) atoms. The predicted octanol–water partition coefficient (Wildman–Crippen LogP) is 2.31. The van der Waals surface area contributed by atoms with Gasteiger partial charge in [-0.25, -0.2) is 4.79 Å². The topological polar surface area (TPSA) is 125 Å². The number of likely N-dealkylation sites (N-methyl/N-ethyl adjacent to an activating group) is 1. The normalized spacial score (nSPS) is 19.2. The maximum Gasteiger partial charge on any atom is 0.319 e. The van der Waals surface area contributed by atoms with Crippen molar-refractivity contribution < 1.29 is 19.6 Å². The van der Waals surface area contributed by atoms with Crippen molar-refractivity contribution in [1.82, 2.24) is 10.2 Å². The Bertz CT molecular complexity index is 678. The average Bonchev–Trinajstić information content (AvgIpc) is 2.50. The van der Waals surface area contributed by atoms with Gasteiger partial charge in [0.05, 0.1) is 11.5 Å². The molecule has 0 heterocycles. The van der Waals surface area contributed by atoms with E-state index in [1.54, 1.807) is 0 Å². The van der Waals surface area contributed by atoms with Crippen LogP contribution < -0.4 is 10.6 Å². The Balaban J connectivity index is 1.83. The van der Waals surface area contributed by atoms with Crippen molar-refractivity contribution in [1.29, 1.82) is 0 Å². The number of nitro groups is 1. The second kappa shape index (κ2) is 8.13. The molecule has 1 aliphatic rings. The Kier molecular flexibility index (Phi) is 6.16. The number of benzene rings is 1. The third-order valence-corrected chi connectivity index (χ3v) is 4.43. The van der Waals surface area contributed by atoms with Gasteiger partial charge in [0.1, 0.15) is 5.02 Å². The van der Waals surface area contributed by atoms with E-state index in [0.29, 0.717) is 19.4 Å². The molecule has 0 spiro atoms. The van der Waals surface area contributed by atoms with Gasteiger partial charge in [-0.1, -0.05) is 18.5 Å². The van der Waals surface area contributed by atoms with Crippen LogP contribution in [0.1, 0.15) is 19.8 Å². The van der Waals surface area contributed by atoms with Crippen LogP contribution >= 0.6 is 11.6 Å². The van der Waals surface area contributed by atoms with Crippen molar-refractivity contribution in [2.45, 2.75) is 31.8 Å². The van der Waals surface area contributed by atoms with E-state index < -0.39 is 16.9 Å². The first kappa shape index (κ1) is 18.9. The molecule has 0 saturated heterocycles. The first-order chi connectivity index (χ1) is 11.8. The third kappa shape index (κ3) is 5.04. The van der Waals surface area contributed by atoms with Gasteiger partial charge >= 0.3 is 12.0 Å². The SMILES string of the molecule is CCN(CC(=O)O)C1CC(NC(=O)Nc2ccc(Cl)c([N+](=O)[O-])c2)C1. The molecular formula is C15H19ClN4O5. The number of carboxylic acids is 1. The van der Waals surface area contributed by atoms with Crippen molar-refractivity contribution in [2.24, 2.45) is 0 Å². The number of nitro benzene ring substituents is 1. The molecule has 0 unspecified atom stereocenters. The molecule has 9 nitrogen and oxygen atoms in total. The van der Waals surface area contributed by atoms with Crippen molar-refractivity contribution in [2.75, 3.05) is 18.4 Å². The molecular weight excluding hydrogens is 352 g/mol. The quantitative estimate of drug-likeness (QED) is 0.499. The zero-order valence-electron chi connectivity index (χ0n) is 13.6. The molecule has 2 amide bonds. The zero-order chi connectivity index (χ0) is 18.6. The van der Waals surface area contributed by atoms with Gasteiger partial charge in [0.2, 0.25) is 0 Å². The van der Waals surface area contributed by atoms with Crippen molar-refractivity contribution in [3.05, 3.63) is 33.3 Å².